The van der Waals surface area contributed by atoms with E-state index in [1.807, 2.05) is 0 Å². The maximum absolute atomic E-state index is 12.7. The van der Waals surface area contributed by atoms with Gasteiger partial charge in [-0.2, -0.15) is 0 Å². The Bertz CT molecular complexity index is 903. The van der Waals surface area contributed by atoms with Crippen molar-refractivity contribution in [3.8, 4) is 5.75 Å². The average Bonchev–Trinajstić information content (AvgIpc) is 2.59. The quantitative estimate of drug-likeness (QED) is 0.788. The van der Waals surface area contributed by atoms with Gasteiger partial charge in [0.15, 0.2) is 5.03 Å². The van der Waals surface area contributed by atoms with Crippen LogP contribution in [0.15, 0.2) is 62.9 Å². The van der Waals surface area contributed by atoms with Crippen LogP contribution in [-0.2, 0) is 9.84 Å². The lowest BCUT2D eigenvalue weighted by Gasteiger charge is -2.12. The molecular weight excluding hydrogens is 409 g/mol. The summed E-state index contributed by atoms with van der Waals surface area (Å²) in [5, 5.41) is 2.06. The van der Waals surface area contributed by atoms with Crippen molar-refractivity contribution in [2.75, 3.05) is 7.11 Å². The zero-order valence-electron chi connectivity index (χ0n) is 12.8. The van der Waals surface area contributed by atoms with Crippen LogP contribution in [0.5, 0.6) is 5.75 Å². The minimum Gasteiger partial charge on any atom is -0.497 e. The van der Waals surface area contributed by atoms with E-state index in [1.165, 1.54) is 55.6 Å². The van der Waals surface area contributed by atoms with Gasteiger partial charge in [-0.1, -0.05) is 34.8 Å². The van der Waals surface area contributed by atoms with Crippen LogP contribution in [0, 0.1) is 0 Å². The van der Waals surface area contributed by atoms with Crippen molar-refractivity contribution >= 4 is 50.5 Å². The molecule has 2 rings (SSSR count). The molecule has 0 saturated carbocycles. The van der Waals surface area contributed by atoms with Gasteiger partial charge in [0.05, 0.1) is 12.0 Å². The fourth-order valence-electron chi connectivity index (χ4n) is 1.87. The molecule has 0 aliphatic rings. The zero-order valence-corrected chi connectivity index (χ0v) is 15.9. The Kier molecular flexibility index (Phi) is 6.35. The molecule has 0 aliphatic heterocycles. The molecule has 25 heavy (non-hydrogen) atoms. The van der Waals surface area contributed by atoms with E-state index in [-0.39, 0.29) is 10.5 Å². The molecule has 0 fully saturated rings. The second kappa shape index (κ2) is 8.10. The number of methoxy groups -OCH3 is 1. The first kappa shape index (κ1) is 19.6. The Hall–Kier alpha value is -1.73. The Morgan fingerprint density at radius 1 is 1.00 bits per heavy atom. The second-order valence-electron chi connectivity index (χ2n) is 4.73. The van der Waals surface area contributed by atoms with Crippen molar-refractivity contribution < 1.29 is 17.9 Å². The van der Waals surface area contributed by atoms with Crippen molar-refractivity contribution in [3.05, 3.63) is 68.6 Å². The first-order valence-electron chi connectivity index (χ1n) is 6.77. The fourth-order valence-corrected chi connectivity index (χ4v) is 3.86. The van der Waals surface area contributed by atoms with E-state index < -0.39 is 25.3 Å². The third-order valence-corrected chi connectivity index (χ3v) is 5.73. The lowest BCUT2D eigenvalue weighted by Crippen LogP contribution is -2.28. The largest absolute Gasteiger partial charge is 0.497 e. The van der Waals surface area contributed by atoms with E-state index >= 15 is 0 Å². The number of benzene rings is 2. The number of rotatable bonds is 5. The topological polar surface area (TPSA) is 72.5 Å². The van der Waals surface area contributed by atoms with Crippen LogP contribution < -0.4 is 10.1 Å². The van der Waals surface area contributed by atoms with Crippen molar-refractivity contribution in [2.24, 2.45) is 0 Å². The minimum absolute atomic E-state index is 0.0986. The number of amides is 1. The van der Waals surface area contributed by atoms with Crippen LogP contribution in [-0.4, -0.2) is 21.4 Å². The highest BCUT2D eigenvalue weighted by atomic mass is 35.5. The molecule has 0 unspecified atom stereocenters. The van der Waals surface area contributed by atoms with Crippen LogP contribution >= 0.6 is 34.8 Å². The summed E-state index contributed by atoms with van der Waals surface area (Å²) in [6.07, 6.45) is 0. The summed E-state index contributed by atoms with van der Waals surface area (Å²) < 4.78 is 29.8. The van der Waals surface area contributed by atoms with Gasteiger partial charge >= 0.3 is 0 Å². The van der Waals surface area contributed by atoms with Crippen molar-refractivity contribution in [1.82, 2.24) is 5.32 Å². The Balaban J connectivity index is 2.35. The highest BCUT2D eigenvalue weighted by molar-refractivity contribution is 7.95. The SMILES string of the molecule is COc1ccc(S(=O)(=O)C(NC(=O)c2ccc(Cl)cc2)=C(Cl)Cl)cc1. The summed E-state index contributed by atoms with van der Waals surface area (Å²) in [6, 6.07) is 11.5. The number of hydrogen-bond donors (Lipinski definition) is 1. The van der Waals surface area contributed by atoms with Gasteiger partial charge in [0.25, 0.3) is 5.91 Å². The van der Waals surface area contributed by atoms with Crippen LogP contribution in [0.4, 0.5) is 0 Å². The molecular formula is C16H12Cl3NO4S. The minimum atomic E-state index is -4.13. The summed E-state index contributed by atoms with van der Waals surface area (Å²) in [4.78, 5) is 12.2. The molecule has 0 heterocycles. The molecule has 0 aliphatic carbocycles. The van der Waals surface area contributed by atoms with E-state index in [2.05, 4.69) is 5.32 Å². The molecule has 0 saturated heterocycles. The third kappa shape index (κ3) is 4.67. The maximum Gasteiger partial charge on any atom is 0.256 e. The molecule has 0 spiro atoms. The molecule has 5 nitrogen and oxygen atoms in total. The first-order chi connectivity index (χ1) is 11.8. The molecule has 1 N–H and O–H groups in total. The van der Waals surface area contributed by atoms with E-state index in [4.69, 9.17) is 39.5 Å². The normalized spacial score (nSPS) is 10.9. The lowest BCUT2D eigenvalue weighted by molar-refractivity contribution is 0.0968. The predicted molar refractivity (Wildman–Crippen MR) is 97.8 cm³/mol. The Morgan fingerprint density at radius 2 is 1.56 bits per heavy atom. The maximum atomic E-state index is 12.7. The molecule has 0 atom stereocenters. The standard InChI is InChI=1S/C16H12Cl3NO4S/c1-24-12-6-8-13(9-7-12)25(22,23)16(14(18)19)20-15(21)10-2-4-11(17)5-3-10/h2-9H,1H3,(H,20,21). The molecule has 0 radical (unpaired) electrons. The van der Waals surface area contributed by atoms with Gasteiger partial charge in [0.1, 0.15) is 10.2 Å². The summed E-state index contributed by atoms with van der Waals surface area (Å²) in [5.74, 6) is -0.214. The fraction of sp³-hybridized carbons (Fsp3) is 0.0625. The van der Waals surface area contributed by atoms with Gasteiger partial charge in [-0.15, -0.1) is 0 Å². The van der Waals surface area contributed by atoms with E-state index in [9.17, 15) is 13.2 Å². The zero-order chi connectivity index (χ0) is 18.6. The van der Waals surface area contributed by atoms with Gasteiger partial charge < -0.3 is 10.1 Å². The Morgan fingerprint density at radius 3 is 2.04 bits per heavy atom. The number of sulfone groups is 1. The number of halogens is 3. The van der Waals surface area contributed by atoms with Gasteiger partial charge in [0, 0.05) is 10.6 Å². The van der Waals surface area contributed by atoms with Gasteiger partial charge in [-0.05, 0) is 48.5 Å². The van der Waals surface area contributed by atoms with E-state index in [0.717, 1.165) is 0 Å². The first-order valence-corrected chi connectivity index (χ1v) is 9.38. The molecule has 1 amide bonds. The van der Waals surface area contributed by atoms with E-state index in [0.29, 0.717) is 10.8 Å². The van der Waals surface area contributed by atoms with E-state index in [1.54, 1.807) is 0 Å². The molecule has 132 valence electrons. The van der Waals surface area contributed by atoms with Gasteiger partial charge in [-0.3, -0.25) is 4.79 Å². The molecule has 9 heteroatoms. The van der Waals surface area contributed by atoms with Crippen LogP contribution in [0.1, 0.15) is 10.4 Å². The second-order valence-corrected chi connectivity index (χ2v) is 8.00. The predicted octanol–water partition coefficient (Wildman–Crippen LogP) is 4.16. The van der Waals surface area contributed by atoms with Crippen LogP contribution in [0.2, 0.25) is 5.02 Å². The van der Waals surface area contributed by atoms with Crippen molar-refractivity contribution in [2.45, 2.75) is 4.90 Å². The number of carbonyl (C=O) groups is 1. The van der Waals surface area contributed by atoms with Crippen LogP contribution in [0.3, 0.4) is 0 Å². The highest BCUT2D eigenvalue weighted by Gasteiger charge is 2.26. The molecule has 0 aromatic heterocycles. The smallest absolute Gasteiger partial charge is 0.256 e. The van der Waals surface area contributed by atoms with Gasteiger partial charge in [0.2, 0.25) is 9.84 Å². The van der Waals surface area contributed by atoms with Gasteiger partial charge in [-0.25, -0.2) is 8.42 Å². The van der Waals surface area contributed by atoms with Crippen molar-refractivity contribution in [3.63, 3.8) is 0 Å². The molecule has 0 bridgehead atoms. The summed E-state index contributed by atoms with van der Waals surface area (Å²) in [6.45, 7) is 0. The lowest BCUT2D eigenvalue weighted by atomic mass is 10.2. The number of hydrogen-bond acceptors (Lipinski definition) is 4. The monoisotopic (exact) mass is 419 g/mol. The Labute approximate surface area is 160 Å². The third-order valence-electron chi connectivity index (χ3n) is 3.14. The summed E-state index contributed by atoms with van der Waals surface area (Å²) >= 11 is 17.2. The van der Waals surface area contributed by atoms with Crippen molar-refractivity contribution in [1.29, 1.82) is 0 Å². The number of carbonyl (C=O) groups excluding carboxylic acids is 1. The summed E-state index contributed by atoms with van der Waals surface area (Å²) in [7, 11) is -2.68. The summed E-state index contributed by atoms with van der Waals surface area (Å²) in [5.41, 5.74) is 0.196. The van der Waals surface area contributed by atoms with Crippen LogP contribution in [0.25, 0.3) is 0 Å². The highest BCUT2D eigenvalue weighted by Crippen LogP contribution is 2.26. The molecule has 2 aromatic carbocycles. The number of ether oxygens (including phenoxy) is 1. The molecule has 2 aromatic rings. The number of nitrogens with one attached hydrogen (secondary N) is 1. The average molecular weight is 421 g/mol.